The number of aromatic amines is 1. The molecule has 0 aliphatic heterocycles. The van der Waals surface area contributed by atoms with Crippen molar-refractivity contribution in [3.8, 4) is 0 Å². The number of fused-ring (bicyclic) bond motifs is 1. The van der Waals surface area contributed by atoms with Crippen molar-refractivity contribution in [1.29, 1.82) is 0 Å². The maximum atomic E-state index is 13.1. The predicted octanol–water partition coefficient (Wildman–Crippen LogP) is 11.1. The standard InChI is InChI=1S/C48H75N5O3Si/c1-5-6-7-8-9-10-11-12-13-14-15-16-17-18-19-20-21-22-29-34-43(54)56-38-40(37-53-39-50-44-45(53)51-47(49)52-46(44)55)35-36-57(48(2,3)4,41-30-25-23-26-31-41)42-32-27-24-28-33-42/h23-28,30-33,39-40H,5-22,29,34-38H2,1-4H3,(H3,49,51,52,55). The van der Waals surface area contributed by atoms with Crippen LogP contribution >= 0.6 is 0 Å². The zero-order valence-corrected chi connectivity index (χ0v) is 37.0. The molecule has 3 N–H and O–H groups in total. The van der Waals surface area contributed by atoms with E-state index in [1.54, 1.807) is 6.33 Å². The monoisotopic (exact) mass is 798 g/mol. The van der Waals surface area contributed by atoms with Crippen molar-refractivity contribution < 1.29 is 9.53 Å². The third-order valence-corrected chi connectivity index (χ3v) is 18.4. The van der Waals surface area contributed by atoms with Crippen molar-refractivity contribution in [2.24, 2.45) is 5.92 Å². The number of nitrogens with zero attached hydrogens (tertiary/aromatic N) is 3. The first-order valence-corrected chi connectivity index (χ1v) is 24.8. The van der Waals surface area contributed by atoms with Crippen molar-refractivity contribution in [1.82, 2.24) is 19.5 Å². The number of aromatic nitrogens is 4. The van der Waals surface area contributed by atoms with E-state index in [1.165, 1.54) is 120 Å². The van der Waals surface area contributed by atoms with Gasteiger partial charge < -0.3 is 15.0 Å². The summed E-state index contributed by atoms with van der Waals surface area (Å²) in [6.45, 7) is 10.2. The average molecular weight is 798 g/mol. The van der Waals surface area contributed by atoms with E-state index < -0.39 is 8.07 Å². The van der Waals surface area contributed by atoms with E-state index >= 15 is 0 Å². The van der Waals surface area contributed by atoms with Gasteiger partial charge in [-0.15, -0.1) is 0 Å². The summed E-state index contributed by atoms with van der Waals surface area (Å²) in [6.07, 6.45) is 28.2. The van der Waals surface area contributed by atoms with Gasteiger partial charge in [-0.2, -0.15) is 4.98 Å². The van der Waals surface area contributed by atoms with Gasteiger partial charge in [0.2, 0.25) is 5.95 Å². The Labute approximate surface area is 345 Å². The molecule has 0 aliphatic rings. The molecule has 2 aromatic carbocycles. The number of anilines is 1. The van der Waals surface area contributed by atoms with Gasteiger partial charge in [0.05, 0.1) is 12.9 Å². The number of hydrogen-bond donors (Lipinski definition) is 2. The number of rotatable bonds is 29. The van der Waals surface area contributed by atoms with Crippen LogP contribution in [0.4, 0.5) is 5.95 Å². The molecule has 2 heterocycles. The molecule has 57 heavy (non-hydrogen) atoms. The Morgan fingerprint density at radius 2 is 1.23 bits per heavy atom. The number of benzene rings is 2. The number of ether oxygens (including phenoxy) is 1. The summed E-state index contributed by atoms with van der Waals surface area (Å²) < 4.78 is 7.93. The lowest BCUT2D eigenvalue weighted by molar-refractivity contribution is -0.145. The zero-order chi connectivity index (χ0) is 40.8. The van der Waals surface area contributed by atoms with Gasteiger partial charge in [0.25, 0.3) is 5.56 Å². The highest BCUT2D eigenvalue weighted by Crippen LogP contribution is 2.40. The largest absolute Gasteiger partial charge is 0.465 e. The third-order valence-electron chi connectivity index (χ3n) is 12.2. The van der Waals surface area contributed by atoms with E-state index in [0.29, 0.717) is 25.2 Å². The maximum Gasteiger partial charge on any atom is 0.305 e. The first-order chi connectivity index (χ1) is 27.7. The number of carbonyl (C=O) groups excluding carboxylic acids is 1. The Kier molecular flexibility index (Phi) is 20.1. The van der Waals surface area contributed by atoms with Crippen molar-refractivity contribution in [2.75, 3.05) is 12.3 Å². The fraction of sp³-hybridized carbons (Fsp3) is 0.625. The second-order valence-electron chi connectivity index (χ2n) is 17.6. The van der Waals surface area contributed by atoms with Gasteiger partial charge in [-0.3, -0.25) is 14.6 Å². The minimum Gasteiger partial charge on any atom is -0.465 e. The highest BCUT2D eigenvalue weighted by atomic mass is 28.3. The normalized spacial score (nSPS) is 12.6. The van der Waals surface area contributed by atoms with Crippen LogP contribution in [-0.2, 0) is 16.1 Å². The molecule has 1 atom stereocenters. The number of unbranched alkanes of at least 4 members (excludes halogenated alkanes) is 18. The van der Waals surface area contributed by atoms with Crippen LogP contribution in [0.25, 0.3) is 11.2 Å². The molecule has 0 spiro atoms. The number of carbonyl (C=O) groups is 1. The van der Waals surface area contributed by atoms with Gasteiger partial charge in [0.15, 0.2) is 11.2 Å². The molecule has 0 bridgehead atoms. The van der Waals surface area contributed by atoms with Crippen LogP contribution in [0, 0.1) is 5.92 Å². The van der Waals surface area contributed by atoms with Gasteiger partial charge in [-0.1, -0.05) is 214 Å². The Balaban J connectivity index is 1.24. The van der Waals surface area contributed by atoms with Gasteiger partial charge in [-0.25, -0.2) is 4.98 Å². The molecule has 2 aromatic heterocycles. The van der Waals surface area contributed by atoms with Crippen LogP contribution in [0.1, 0.15) is 163 Å². The second-order valence-corrected chi connectivity index (χ2v) is 22.6. The van der Waals surface area contributed by atoms with Crippen LogP contribution in [-0.4, -0.2) is 40.2 Å². The van der Waals surface area contributed by atoms with E-state index in [1.807, 2.05) is 4.57 Å². The Bertz CT molecular complexity index is 1710. The van der Waals surface area contributed by atoms with Gasteiger partial charge in [-0.05, 0) is 23.9 Å². The van der Waals surface area contributed by atoms with E-state index in [0.717, 1.165) is 25.3 Å². The fourth-order valence-electron chi connectivity index (χ4n) is 8.80. The minimum absolute atomic E-state index is 0.00829. The number of nitrogens with one attached hydrogen (secondary N) is 1. The molecule has 0 saturated carbocycles. The summed E-state index contributed by atoms with van der Waals surface area (Å²) in [5.41, 5.74) is 6.30. The molecular formula is C48H75N5O3Si. The number of esters is 1. The zero-order valence-electron chi connectivity index (χ0n) is 36.0. The number of hydrogen-bond acceptors (Lipinski definition) is 6. The molecular weight excluding hydrogens is 723 g/mol. The fourth-order valence-corrected chi connectivity index (χ4v) is 14.6. The molecule has 0 fully saturated rings. The first-order valence-electron chi connectivity index (χ1n) is 22.6. The first kappa shape index (κ1) is 46.0. The summed E-state index contributed by atoms with van der Waals surface area (Å²) >= 11 is 0. The maximum absolute atomic E-state index is 13.1. The Hall–Kier alpha value is -3.72. The van der Waals surface area contributed by atoms with Crippen molar-refractivity contribution >= 4 is 41.5 Å². The summed E-state index contributed by atoms with van der Waals surface area (Å²) in [6, 6.07) is 22.9. The van der Waals surface area contributed by atoms with Gasteiger partial charge in [0, 0.05) is 18.9 Å². The van der Waals surface area contributed by atoms with E-state index in [4.69, 9.17) is 10.5 Å². The molecule has 0 saturated heterocycles. The van der Waals surface area contributed by atoms with Crippen LogP contribution in [0.15, 0.2) is 71.8 Å². The van der Waals surface area contributed by atoms with Crippen molar-refractivity contribution in [3.05, 3.63) is 77.3 Å². The molecule has 0 aliphatic carbocycles. The minimum atomic E-state index is -2.36. The summed E-state index contributed by atoms with van der Waals surface area (Å²) in [7, 11) is -2.36. The lowest BCUT2D eigenvalue weighted by Crippen LogP contribution is -2.64. The second kappa shape index (κ2) is 24.9. The molecule has 9 heteroatoms. The summed E-state index contributed by atoms with van der Waals surface area (Å²) in [4.78, 5) is 37.1. The Morgan fingerprint density at radius 1 is 0.754 bits per heavy atom. The van der Waals surface area contributed by atoms with Crippen molar-refractivity contribution in [2.45, 2.75) is 180 Å². The summed E-state index contributed by atoms with van der Waals surface area (Å²) in [5.74, 6) is -0.0868. The molecule has 314 valence electrons. The van der Waals surface area contributed by atoms with E-state index in [-0.39, 0.29) is 33.9 Å². The number of imidazole rings is 1. The van der Waals surface area contributed by atoms with Crippen molar-refractivity contribution in [3.63, 3.8) is 0 Å². The predicted molar refractivity (Wildman–Crippen MR) is 242 cm³/mol. The number of nitrogen functional groups attached to an aromatic ring is 1. The van der Waals surface area contributed by atoms with Crippen LogP contribution in [0.5, 0.6) is 0 Å². The highest BCUT2D eigenvalue weighted by molar-refractivity contribution is 7.04. The molecule has 1 unspecified atom stereocenters. The number of nitrogens with two attached hydrogens (primary N) is 1. The van der Waals surface area contributed by atoms with E-state index in [2.05, 4.69) is 103 Å². The topological polar surface area (TPSA) is 116 Å². The molecule has 4 aromatic rings. The quantitative estimate of drug-likeness (QED) is 0.0321. The molecule has 0 amide bonds. The van der Waals surface area contributed by atoms with Crippen LogP contribution < -0.4 is 21.7 Å². The number of H-pyrrole nitrogens is 1. The smallest absolute Gasteiger partial charge is 0.305 e. The lowest BCUT2D eigenvalue weighted by atomic mass is 10.0. The lowest BCUT2D eigenvalue weighted by Gasteiger charge is -2.45. The van der Waals surface area contributed by atoms with Gasteiger partial charge >= 0.3 is 5.97 Å². The summed E-state index contributed by atoms with van der Waals surface area (Å²) in [5, 5.41) is 2.81. The van der Waals surface area contributed by atoms with E-state index in [9.17, 15) is 9.59 Å². The highest BCUT2D eigenvalue weighted by Gasteiger charge is 2.47. The van der Waals surface area contributed by atoms with Crippen LogP contribution in [0.2, 0.25) is 11.1 Å². The molecule has 8 nitrogen and oxygen atoms in total. The molecule has 4 rings (SSSR count). The van der Waals surface area contributed by atoms with Crippen LogP contribution in [0.3, 0.4) is 0 Å². The molecule has 0 radical (unpaired) electrons. The van der Waals surface area contributed by atoms with Gasteiger partial charge in [0.1, 0.15) is 8.07 Å². The Morgan fingerprint density at radius 3 is 1.70 bits per heavy atom. The average Bonchev–Trinajstić information content (AvgIpc) is 3.60. The SMILES string of the molecule is CCCCCCCCCCCCCCCCCCCCCC(=O)OCC(CC[Si](c1ccccc1)(c1ccccc1)C(C)(C)C)Cn1cnc2c(=O)[nH]c(N)nc21. The third kappa shape index (κ3) is 14.9.